The number of carboxylic acids is 1. The van der Waals surface area contributed by atoms with Gasteiger partial charge in [0.2, 0.25) is 0 Å². The number of aryl methyl sites for hydroxylation is 1. The summed E-state index contributed by atoms with van der Waals surface area (Å²) in [6.45, 7) is 1.81. The SMILES string of the molecule is Cc1nnc(SCC(=O)O)n1-c1ccc(CC#N)cc1. The summed E-state index contributed by atoms with van der Waals surface area (Å²) in [4.78, 5) is 10.6. The molecule has 7 heteroatoms. The zero-order valence-corrected chi connectivity index (χ0v) is 11.6. The van der Waals surface area contributed by atoms with Gasteiger partial charge in [0, 0.05) is 5.69 Å². The molecule has 0 aliphatic carbocycles. The number of carbonyl (C=O) groups is 1. The van der Waals surface area contributed by atoms with Crippen LogP contribution in [0.3, 0.4) is 0 Å². The molecule has 0 radical (unpaired) electrons. The number of hydrogen-bond acceptors (Lipinski definition) is 5. The molecule has 0 aliphatic heterocycles. The number of nitriles is 1. The molecule has 1 aromatic heterocycles. The van der Waals surface area contributed by atoms with Gasteiger partial charge in [0.1, 0.15) is 5.82 Å². The highest BCUT2D eigenvalue weighted by molar-refractivity contribution is 7.99. The zero-order chi connectivity index (χ0) is 14.5. The van der Waals surface area contributed by atoms with Gasteiger partial charge in [0.15, 0.2) is 5.16 Å². The van der Waals surface area contributed by atoms with Crippen LogP contribution >= 0.6 is 11.8 Å². The van der Waals surface area contributed by atoms with Crippen molar-refractivity contribution in [2.24, 2.45) is 0 Å². The van der Waals surface area contributed by atoms with Crippen molar-refractivity contribution in [1.82, 2.24) is 14.8 Å². The minimum Gasteiger partial charge on any atom is -0.481 e. The molecule has 102 valence electrons. The molecule has 0 spiro atoms. The van der Waals surface area contributed by atoms with Gasteiger partial charge >= 0.3 is 5.97 Å². The van der Waals surface area contributed by atoms with Crippen LogP contribution in [-0.2, 0) is 11.2 Å². The van der Waals surface area contributed by atoms with E-state index in [-0.39, 0.29) is 5.75 Å². The summed E-state index contributed by atoms with van der Waals surface area (Å²) in [5, 5.41) is 25.9. The third-order valence-corrected chi connectivity index (χ3v) is 3.51. The van der Waals surface area contributed by atoms with E-state index < -0.39 is 5.97 Å². The number of aromatic nitrogens is 3. The number of aliphatic carboxylic acids is 1. The van der Waals surface area contributed by atoms with Crippen LogP contribution in [-0.4, -0.2) is 31.6 Å². The highest BCUT2D eigenvalue weighted by Crippen LogP contribution is 2.22. The lowest BCUT2D eigenvalue weighted by Crippen LogP contribution is -2.03. The number of thioether (sulfide) groups is 1. The summed E-state index contributed by atoms with van der Waals surface area (Å²) in [5.74, 6) is -0.275. The van der Waals surface area contributed by atoms with Gasteiger partial charge in [-0.15, -0.1) is 10.2 Å². The monoisotopic (exact) mass is 288 g/mol. The van der Waals surface area contributed by atoms with Crippen molar-refractivity contribution >= 4 is 17.7 Å². The summed E-state index contributed by atoms with van der Waals surface area (Å²) in [5.41, 5.74) is 1.78. The maximum Gasteiger partial charge on any atom is 0.313 e. The molecule has 2 aromatic rings. The largest absolute Gasteiger partial charge is 0.481 e. The normalized spacial score (nSPS) is 10.2. The molecule has 0 saturated carbocycles. The molecule has 0 aliphatic rings. The van der Waals surface area contributed by atoms with Gasteiger partial charge in [-0.05, 0) is 24.6 Å². The molecule has 20 heavy (non-hydrogen) atoms. The summed E-state index contributed by atoms with van der Waals surface area (Å²) >= 11 is 1.12. The lowest BCUT2D eigenvalue weighted by atomic mass is 10.1. The minimum atomic E-state index is -0.897. The van der Waals surface area contributed by atoms with E-state index in [1.165, 1.54) is 0 Å². The van der Waals surface area contributed by atoms with Gasteiger partial charge in [-0.3, -0.25) is 9.36 Å². The Labute approximate surface area is 120 Å². The fourth-order valence-electron chi connectivity index (χ4n) is 1.71. The van der Waals surface area contributed by atoms with E-state index in [1.54, 1.807) is 11.5 Å². The predicted octanol–water partition coefficient (Wildman–Crippen LogP) is 1.82. The first-order chi connectivity index (χ1) is 9.61. The second kappa shape index (κ2) is 6.21. The Hall–Kier alpha value is -2.33. The van der Waals surface area contributed by atoms with Crippen molar-refractivity contribution in [1.29, 1.82) is 5.26 Å². The van der Waals surface area contributed by atoms with Crippen LogP contribution in [0.15, 0.2) is 29.4 Å². The van der Waals surface area contributed by atoms with Crippen molar-refractivity contribution in [2.45, 2.75) is 18.5 Å². The maximum atomic E-state index is 10.6. The first kappa shape index (κ1) is 14.1. The van der Waals surface area contributed by atoms with Crippen LogP contribution < -0.4 is 0 Å². The molecular formula is C13H12N4O2S. The van der Waals surface area contributed by atoms with Gasteiger partial charge in [-0.25, -0.2) is 0 Å². The van der Waals surface area contributed by atoms with Gasteiger partial charge in [0.25, 0.3) is 0 Å². The number of rotatable bonds is 5. The van der Waals surface area contributed by atoms with Crippen LogP contribution in [0, 0.1) is 18.3 Å². The molecule has 0 atom stereocenters. The molecule has 0 amide bonds. The molecule has 0 saturated heterocycles. The lowest BCUT2D eigenvalue weighted by molar-refractivity contribution is -0.133. The summed E-state index contributed by atoms with van der Waals surface area (Å²) in [6.07, 6.45) is 0.363. The van der Waals surface area contributed by atoms with Crippen molar-refractivity contribution in [3.05, 3.63) is 35.7 Å². The summed E-state index contributed by atoms with van der Waals surface area (Å²) < 4.78 is 1.80. The average molecular weight is 288 g/mol. The number of nitrogens with zero attached hydrogens (tertiary/aromatic N) is 4. The number of benzene rings is 1. The molecule has 1 heterocycles. The molecule has 0 unspecified atom stereocenters. The smallest absolute Gasteiger partial charge is 0.313 e. The van der Waals surface area contributed by atoms with Crippen molar-refractivity contribution in [2.75, 3.05) is 5.75 Å². The minimum absolute atomic E-state index is 0.0648. The summed E-state index contributed by atoms with van der Waals surface area (Å²) in [7, 11) is 0. The van der Waals surface area contributed by atoms with Gasteiger partial charge in [-0.1, -0.05) is 23.9 Å². The Kier molecular flexibility index (Phi) is 4.38. The molecule has 0 bridgehead atoms. The first-order valence-electron chi connectivity index (χ1n) is 5.84. The van der Waals surface area contributed by atoms with Crippen molar-refractivity contribution in [3.63, 3.8) is 0 Å². The number of carboxylic acid groups (broad SMARTS) is 1. The predicted molar refractivity (Wildman–Crippen MR) is 73.8 cm³/mol. The van der Waals surface area contributed by atoms with E-state index in [0.717, 1.165) is 23.0 Å². The van der Waals surface area contributed by atoms with E-state index in [0.29, 0.717) is 17.4 Å². The highest BCUT2D eigenvalue weighted by atomic mass is 32.2. The number of hydrogen-bond donors (Lipinski definition) is 1. The van der Waals surface area contributed by atoms with E-state index >= 15 is 0 Å². The Balaban J connectivity index is 2.29. The fourth-order valence-corrected chi connectivity index (χ4v) is 2.43. The lowest BCUT2D eigenvalue weighted by Gasteiger charge is -2.08. The topological polar surface area (TPSA) is 91.8 Å². The molecule has 2 rings (SSSR count). The van der Waals surface area contributed by atoms with Crippen molar-refractivity contribution < 1.29 is 9.90 Å². The molecule has 0 fully saturated rings. The third kappa shape index (κ3) is 3.16. The molecule has 1 aromatic carbocycles. The second-order valence-corrected chi connectivity index (χ2v) is 4.99. The van der Waals surface area contributed by atoms with Gasteiger partial charge in [-0.2, -0.15) is 5.26 Å². The van der Waals surface area contributed by atoms with E-state index in [1.807, 2.05) is 24.3 Å². The Morgan fingerprint density at radius 3 is 2.70 bits per heavy atom. The summed E-state index contributed by atoms with van der Waals surface area (Å²) in [6, 6.07) is 9.56. The standard InChI is InChI=1S/C13H12N4O2S/c1-9-15-16-13(20-8-12(18)19)17(9)11-4-2-10(3-5-11)6-7-14/h2-5H,6,8H2,1H3,(H,18,19). The average Bonchev–Trinajstić information content (AvgIpc) is 2.79. The Morgan fingerprint density at radius 1 is 1.40 bits per heavy atom. The molecular weight excluding hydrogens is 276 g/mol. The van der Waals surface area contributed by atoms with E-state index in [4.69, 9.17) is 10.4 Å². The maximum absolute atomic E-state index is 10.6. The Bertz CT molecular complexity index is 658. The Morgan fingerprint density at radius 2 is 2.10 bits per heavy atom. The second-order valence-electron chi connectivity index (χ2n) is 4.05. The van der Waals surface area contributed by atoms with Crippen LogP contribution in [0.2, 0.25) is 0 Å². The van der Waals surface area contributed by atoms with Crippen LogP contribution in [0.4, 0.5) is 0 Å². The van der Waals surface area contributed by atoms with Crippen LogP contribution in [0.5, 0.6) is 0 Å². The highest BCUT2D eigenvalue weighted by Gasteiger charge is 2.12. The van der Waals surface area contributed by atoms with E-state index in [9.17, 15) is 4.79 Å². The van der Waals surface area contributed by atoms with Crippen LogP contribution in [0.1, 0.15) is 11.4 Å². The quantitative estimate of drug-likeness (QED) is 0.844. The van der Waals surface area contributed by atoms with E-state index in [2.05, 4.69) is 16.3 Å². The first-order valence-corrected chi connectivity index (χ1v) is 6.83. The zero-order valence-electron chi connectivity index (χ0n) is 10.8. The molecule has 6 nitrogen and oxygen atoms in total. The van der Waals surface area contributed by atoms with Gasteiger partial charge < -0.3 is 5.11 Å². The molecule has 1 N–H and O–H groups in total. The third-order valence-electron chi connectivity index (χ3n) is 2.60. The van der Waals surface area contributed by atoms with Crippen molar-refractivity contribution in [3.8, 4) is 11.8 Å². The van der Waals surface area contributed by atoms with Gasteiger partial charge in [0.05, 0.1) is 18.2 Å². The fraction of sp³-hybridized carbons (Fsp3) is 0.231. The van der Waals surface area contributed by atoms with Crippen LogP contribution in [0.25, 0.3) is 5.69 Å².